The number of benzene rings is 1. The number of carbonyl (C=O) groups is 1. The SMILES string of the molecule is CN1CCO[C@@H]2CN(C(=O)c3cc(-c4ccccc4Cl)n[nH]3)C[C@@H]21. The number of rotatable bonds is 2. The number of nitrogens with one attached hydrogen (secondary N) is 1. The third kappa shape index (κ3) is 2.70. The predicted molar refractivity (Wildman–Crippen MR) is 91.1 cm³/mol. The Morgan fingerprint density at radius 1 is 1.38 bits per heavy atom. The molecule has 1 amide bonds. The minimum Gasteiger partial charge on any atom is -0.373 e. The molecule has 2 aliphatic heterocycles. The second-order valence-corrected chi connectivity index (χ2v) is 6.72. The molecule has 0 spiro atoms. The van der Waals surface area contributed by atoms with Crippen molar-refractivity contribution in [2.45, 2.75) is 12.1 Å². The normalized spacial score (nSPS) is 24.2. The number of aromatic nitrogens is 2. The number of nitrogens with zero attached hydrogens (tertiary/aromatic N) is 3. The van der Waals surface area contributed by atoms with Crippen molar-refractivity contribution < 1.29 is 9.53 Å². The molecule has 2 atom stereocenters. The first kappa shape index (κ1) is 15.6. The first-order valence-corrected chi connectivity index (χ1v) is 8.42. The molecule has 2 aromatic rings. The van der Waals surface area contributed by atoms with E-state index < -0.39 is 0 Å². The van der Waals surface area contributed by atoms with Crippen LogP contribution in [0.15, 0.2) is 30.3 Å². The van der Waals surface area contributed by atoms with Crippen molar-refractivity contribution in [1.29, 1.82) is 0 Å². The fraction of sp³-hybridized carbons (Fsp3) is 0.412. The maximum absolute atomic E-state index is 12.8. The fourth-order valence-corrected chi connectivity index (χ4v) is 3.66. The molecule has 24 heavy (non-hydrogen) atoms. The van der Waals surface area contributed by atoms with Gasteiger partial charge in [-0.2, -0.15) is 5.10 Å². The highest BCUT2D eigenvalue weighted by Crippen LogP contribution is 2.27. The second-order valence-electron chi connectivity index (χ2n) is 6.31. The number of likely N-dealkylation sites (N-methyl/N-ethyl adjacent to an activating group) is 1. The van der Waals surface area contributed by atoms with Crippen molar-refractivity contribution in [3.63, 3.8) is 0 Å². The summed E-state index contributed by atoms with van der Waals surface area (Å²) in [6.45, 7) is 2.93. The standard InChI is InChI=1S/C17H19ClN4O2/c1-21-6-7-24-16-10-22(9-15(16)21)17(23)14-8-13(19-20-14)11-4-2-3-5-12(11)18/h2-5,8,15-16H,6-7,9-10H2,1H3,(H,19,20)/t15-,16+/m0/s1. The van der Waals surface area contributed by atoms with Crippen LogP contribution in [0.5, 0.6) is 0 Å². The molecule has 6 nitrogen and oxygen atoms in total. The van der Waals surface area contributed by atoms with Gasteiger partial charge in [-0.15, -0.1) is 0 Å². The maximum Gasteiger partial charge on any atom is 0.272 e. The summed E-state index contributed by atoms with van der Waals surface area (Å²) in [6.07, 6.45) is 0.0960. The van der Waals surface area contributed by atoms with Gasteiger partial charge in [0, 0.05) is 25.2 Å². The van der Waals surface area contributed by atoms with Gasteiger partial charge in [0.05, 0.1) is 29.5 Å². The van der Waals surface area contributed by atoms with Gasteiger partial charge in [-0.25, -0.2) is 0 Å². The van der Waals surface area contributed by atoms with Crippen LogP contribution in [-0.4, -0.2) is 71.3 Å². The molecule has 0 bridgehead atoms. The molecule has 3 heterocycles. The average Bonchev–Trinajstić information content (AvgIpc) is 3.22. The van der Waals surface area contributed by atoms with E-state index in [4.69, 9.17) is 16.3 Å². The zero-order chi connectivity index (χ0) is 16.7. The molecule has 2 saturated heterocycles. The van der Waals surface area contributed by atoms with Crippen molar-refractivity contribution in [1.82, 2.24) is 20.0 Å². The lowest BCUT2D eigenvalue weighted by Gasteiger charge is -2.33. The number of H-pyrrole nitrogens is 1. The average molecular weight is 347 g/mol. The van der Waals surface area contributed by atoms with Gasteiger partial charge < -0.3 is 9.64 Å². The Balaban J connectivity index is 1.53. The number of ether oxygens (including phenoxy) is 1. The predicted octanol–water partition coefficient (Wildman–Crippen LogP) is 1.89. The Morgan fingerprint density at radius 2 is 2.21 bits per heavy atom. The van der Waals surface area contributed by atoms with Crippen molar-refractivity contribution in [3.05, 3.63) is 41.0 Å². The number of amides is 1. The number of fused-ring (bicyclic) bond motifs is 1. The number of aromatic amines is 1. The van der Waals surface area contributed by atoms with E-state index >= 15 is 0 Å². The third-order valence-electron chi connectivity index (χ3n) is 4.82. The van der Waals surface area contributed by atoms with Gasteiger partial charge in [0.1, 0.15) is 5.69 Å². The minimum absolute atomic E-state index is 0.0489. The highest BCUT2D eigenvalue weighted by Gasteiger charge is 2.40. The van der Waals surface area contributed by atoms with E-state index in [1.807, 2.05) is 29.2 Å². The monoisotopic (exact) mass is 346 g/mol. The van der Waals surface area contributed by atoms with E-state index in [2.05, 4.69) is 22.1 Å². The van der Waals surface area contributed by atoms with E-state index in [0.29, 0.717) is 29.5 Å². The molecular weight excluding hydrogens is 328 g/mol. The summed E-state index contributed by atoms with van der Waals surface area (Å²) in [6, 6.07) is 9.50. The molecular formula is C17H19ClN4O2. The van der Waals surface area contributed by atoms with Crippen LogP contribution in [0.25, 0.3) is 11.3 Å². The van der Waals surface area contributed by atoms with E-state index in [9.17, 15) is 4.79 Å². The highest BCUT2D eigenvalue weighted by molar-refractivity contribution is 6.33. The summed E-state index contributed by atoms with van der Waals surface area (Å²) in [5, 5.41) is 7.71. The number of carbonyl (C=O) groups excluding carboxylic acids is 1. The quantitative estimate of drug-likeness (QED) is 0.902. The number of hydrogen-bond acceptors (Lipinski definition) is 4. The van der Waals surface area contributed by atoms with Crippen LogP contribution in [0.4, 0.5) is 0 Å². The van der Waals surface area contributed by atoms with Gasteiger partial charge in [-0.05, 0) is 19.2 Å². The smallest absolute Gasteiger partial charge is 0.272 e. The Hall–Kier alpha value is -1.89. The molecule has 0 radical (unpaired) electrons. The van der Waals surface area contributed by atoms with Crippen LogP contribution in [-0.2, 0) is 4.74 Å². The van der Waals surface area contributed by atoms with E-state index in [0.717, 1.165) is 18.7 Å². The van der Waals surface area contributed by atoms with Crippen molar-refractivity contribution in [2.24, 2.45) is 0 Å². The van der Waals surface area contributed by atoms with Crippen molar-refractivity contribution >= 4 is 17.5 Å². The topological polar surface area (TPSA) is 61.5 Å². The summed E-state index contributed by atoms with van der Waals surface area (Å²) < 4.78 is 5.80. The van der Waals surface area contributed by atoms with Crippen LogP contribution in [0.2, 0.25) is 5.02 Å². The van der Waals surface area contributed by atoms with Gasteiger partial charge in [0.15, 0.2) is 0 Å². The van der Waals surface area contributed by atoms with Gasteiger partial charge in [-0.3, -0.25) is 14.8 Å². The van der Waals surface area contributed by atoms with Crippen LogP contribution in [0.1, 0.15) is 10.5 Å². The lowest BCUT2D eigenvalue weighted by Crippen LogP contribution is -2.48. The van der Waals surface area contributed by atoms with Crippen LogP contribution in [0, 0.1) is 0 Å². The van der Waals surface area contributed by atoms with E-state index in [-0.39, 0.29) is 18.1 Å². The third-order valence-corrected chi connectivity index (χ3v) is 5.15. The largest absolute Gasteiger partial charge is 0.373 e. The molecule has 4 rings (SSSR count). The minimum atomic E-state index is -0.0489. The molecule has 0 unspecified atom stereocenters. The molecule has 2 aliphatic rings. The highest BCUT2D eigenvalue weighted by atomic mass is 35.5. The van der Waals surface area contributed by atoms with Gasteiger partial charge in [0.2, 0.25) is 0 Å². The Labute approximate surface area is 145 Å². The zero-order valence-electron chi connectivity index (χ0n) is 13.4. The van der Waals surface area contributed by atoms with Gasteiger partial charge in [-0.1, -0.05) is 29.8 Å². The number of halogens is 1. The van der Waals surface area contributed by atoms with Crippen LogP contribution in [0.3, 0.4) is 0 Å². The van der Waals surface area contributed by atoms with Gasteiger partial charge >= 0.3 is 0 Å². The summed E-state index contributed by atoms with van der Waals surface area (Å²) in [5.41, 5.74) is 1.97. The first-order chi connectivity index (χ1) is 11.6. The molecule has 1 aromatic heterocycles. The van der Waals surface area contributed by atoms with Crippen LogP contribution < -0.4 is 0 Å². The lowest BCUT2D eigenvalue weighted by atomic mass is 10.1. The Kier molecular flexibility index (Phi) is 4.04. The summed E-state index contributed by atoms with van der Waals surface area (Å²) in [7, 11) is 2.08. The summed E-state index contributed by atoms with van der Waals surface area (Å²) in [4.78, 5) is 16.9. The van der Waals surface area contributed by atoms with Gasteiger partial charge in [0.25, 0.3) is 5.91 Å². The Morgan fingerprint density at radius 3 is 3.00 bits per heavy atom. The molecule has 2 fully saturated rings. The number of hydrogen-bond donors (Lipinski definition) is 1. The van der Waals surface area contributed by atoms with Crippen LogP contribution >= 0.6 is 11.6 Å². The zero-order valence-corrected chi connectivity index (χ0v) is 14.2. The van der Waals surface area contributed by atoms with Crippen molar-refractivity contribution in [2.75, 3.05) is 33.3 Å². The maximum atomic E-state index is 12.8. The second kappa shape index (κ2) is 6.20. The molecule has 7 heteroatoms. The number of morpholine rings is 1. The molecule has 0 aliphatic carbocycles. The van der Waals surface area contributed by atoms with E-state index in [1.54, 1.807) is 6.07 Å². The fourth-order valence-electron chi connectivity index (χ4n) is 3.43. The first-order valence-electron chi connectivity index (χ1n) is 8.05. The molecule has 1 aromatic carbocycles. The molecule has 126 valence electrons. The van der Waals surface area contributed by atoms with E-state index in [1.165, 1.54) is 0 Å². The number of likely N-dealkylation sites (tertiary alicyclic amines) is 1. The Bertz CT molecular complexity index is 763. The molecule has 1 N–H and O–H groups in total. The summed E-state index contributed by atoms with van der Waals surface area (Å²) in [5.74, 6) is -0.0489. The molecule has 0 saturated carbocycles. The summed E-state index contributed by atoms with van der Waals surface area (Å²) >= 11 is 6.20. The van der Waals surface area contributed by atoms with Crippen molar-refractivity contribution in [3.8, 4) is 11.3 Å². The lowest BCUT2D eigenvalue weighted by molar-refractivity contribution is -0.0368.